The minimum atomic E-state index is -0.202. The van der Waals surface area contributed by atoms with E-state index in [4.69, 9.17) is 0 Å². The van der Waals surface area contributed by atoms with Crippen LogP contribution < -0.4 is 4.90 Å². The highest BCUT2D eigenvalue weighted by molar-refractivity contribution is 6.06. The van der Waals surface area contributed by atoms with E-state index in [2.05, 4.69) is 55.2 Å². The number of carbonyl (C=O) groups is 1. The number of carbonyl (C=O) groups excluding carboxylic acids is 1. The summed E-state index contributed by atoms with van der Waals surface area (Å²) in [5.41, 5.74) is 4.86. The highest BCUT2D eigenvalue weighted by Gasteiger charge is 2.59. The Morgan fingerprint density at radius 1 is 1.00 bits per heavy atom. The van der Waals surface area contributed by atoms with Crippen molar-refractivity contribution in [2.75, 3.05) is 19.0 Å². The zero-order valence-corrected chi connectivity index (χ0v) is 19.5. The van der Waals surface area contributed by atoms with Gasteiger partial charge in [-0.3, -0.25) is 4.79 Å². The van der Waals surface area contributed by atoms with E-state index in [1.807, 2.05) is 14.1 Å². The summed E-state index contributed by atoms with van der Waals surface area (Å²) in [6.07, 6.45) is 11.5. The van der Waals surface area contributed by atoms with Crippen molar-refractivity contribution in [3.63, 3.8) is 0 Å². The van der Waals surface area contributed by atoms with E-state index < -0.39 is 0 Å². The number of Topliss-reactive ketones (excluding diaryl/α,β-unsaturated/α-hetero) is 1. The van der Waals surface area contributed by atoms with E-state index >= 15 is 0 Å². The lowest BCUT2D eigenvalue weighted by atomic mass is 9.48. The van der Waals surface area contributed by atoms with Crippen molar-refractivity contribution in [2.24, 2.45) is 28.6 Å². The van der Waals surface area contributed by atoms with Gasteiger partial charge < -0.3 is 10.0 Å². The molecule has 0 aromatic heterocycles. The molecule has 3 fully saturated rings. The van der Waals surface area contributed by atoms with Crippen LogP contribution in [0.25, 0.3) is 6.08 Å². The number of rotatable bonds is 2. The zero-order valence-electron chi connectivity index (χ0n) is 19.5. The lowest BCUT2D eigenvalue weighted by Gasteiger charge is -2.56. The van der Waals surface area contributed by atoms with Crippen LogP contribution in [-0.4, -0.2) is 31.1 Å². The summed E-state index contributed by atoms with van der Waals surface area (Å²) in [6, 6.07) is 8.52. The van der Waals surface area contributed by atoms with E-state index in [-0.39, 0.29) is 16.9 Å². The molecule has 0 saturated heterocycles. The van der Waals surface area contributed by atoms with Crippen molar-refractivity contribution in [3.8, 4) is 0 Å². The second-order valence-corrected chi connectivity index (χ2v) is 11.3. The number of ketones is 1. The molecule has 3 nitrogen and oxygen atoms in total. The average molecular weight is 420 g/mol. The van der Waals surface area contributed by atoms with Gasteiger partial charge in [0.15, 0.2) is 5.78 Å². The van der Waals surface area contributed by atoms with Crippen molar-refractivity contribution in [1.29, 1.82) is 0 Å². The summed E-state index contributed by atoms with van der Waals surface area (Å²) in [5.74, 6) is 2.09. The number of allylic oxidation sites excluding steroid dienone is 2. The molecule has 3 heteroatoms. The van der Waals surface area contributed by atoms with Gasteiger partial charge in [0.25, 0.3) is 0 Å². The molecule has 166 valence electrons. The maximum absolute atomic E-state index is 13.6. The van der Waals surface area contributed by atoms with Crippen LogP contribution in [0.2, 0.25) is 0 Å². The number of nitrogens with zero attached hydrogens (tertiary/aromatic N) is 1. The number of anilines is 1. The Balaban J connectivity index is 1.44. The van der Waals surface area contributed by atoms with E-state index in [0.29, 0.717) is 23.5 Å². The predicted molar refractivity (Wildman–Crippen MR) is 127 cm³/mol. The first-order valence-electron chi connectivity index (χ1n) is 12.1. The molecular weight excluding hydrogens is 382 g/mol. The molecule has 4 aliphatic carbocycles. The molecule has 3 saturated carbocycles. The molecule has 1 aromatic carbocycles. The summed E-state index contributed by atoms with van der Waals surface area (Å²) < 4.78 is 0. The molecule has 4 aliphatic rings. The van der Waals surface area contributed by atoms with E-state index in [1.54, 1.807) is 0 Å². The predicted octanol–water partition coefficient (Wildman–Crippen LogP) is 5.64. The van der Waals surface area contributed by atoms with Crippen LogP contribution in [0, 0.1) is 28.6 Å². The number of hydrogen-bond acceptors (Lipinski definition) is 3. The Kier molecular flexibility index (Phi) is 4.97. The second-order valence-electron chi connectivity index (χ2n) is 11.3. The quantitative estimate of drug-likeness (QED) is 0.498. The van der Waals surface area contributed by atoms with Crippen molar-refractivity contribution in [2.45, 2.75) is 64.9 Å². The van der Waals surface area contributed by atoms with Gasteiger partial charge in [0.2, 0.25) is 0 Å². The Hall–Kier alpha value is -1.87. The molecule has 6 atom stereocenters. The normalized spacial score (nSPS) is 40.7. The van der Waals surface area contributed by atoms with Crippen molar-refractivity contribution < 1.29 is 9.90 Å². The molecule has 0 amide bonds. The van der Waals surface area contributed by atoms with Gasteiger partial charge in [-0.05, 0) is 97.5 Å². The summed E-state index contributed by atoms with van der Waals surface area (Å²) >= 11 is 0. The van der Waals surface area contributed by atoms with Crippen LogP contribution >= 0.6 is 0 Å². The van der Waals surface area contributed by atoms with Crippen LogP contribution in [-0.2, 0) is 4.79 Å². The first-order valence-corrected chi connectivity index (χ1v) is 12.1. The number of benzene rings is 1. The van der Waals surface area contributed by atoms with Gasteiger partial charge in [0.05, 0.1) is 6.10 Å². The Morgan fingerprint density at radius 3 is 2.42 bits per heavy atom. The van der Waals surface area contributed by atoms with Crippen LogP contribution in [0.4, 0.5) is 5.69 Å². The average Bonchev–Trinajstić information content (AvgIpc) is 2.99. The molecule has 0 aliphatic heterocycles. The Morgan fingerprint density at radius 2 is 1.71 bits per heavy atom. The lowest BCUT2D eigenvalue weighted by Crippen LogP contribution is -2.50. The molecule has 0 heterocycles. The fourth-order valence-corrected chi connectivity index (χ4v) is 7.51. The topological polar surface area (TPSA) is 40.5 Å². The van der Waals surface area contributed by atoms with Crippen LogP contribution in [0.15, 0.2) is 41.5 Å². The summed E-state index contributed by atoms with van der Waals surface area (Å²) in [6.45, 7) is 4.70. The smallest absolute Gasteiger partial charge is 0.165 e. The van der Waals surface area contributed by atoms with Crippen molar-refractivity contribution in [3.05, 3.63) is 47.1 Å². The maximum atomic E-state index is 13.6. The Labute approximate surface area is 187 Å². The summed E-state index contributed by atoms with van der Waals surface area (Å²) in [7, 11) is 4.10. The molecule has 0 unspecified atom stereocenters. The maximum Gasteiger partial charge on any atom is 0.165 e. The monoisotopic (exact) mass is 419 g/mol. The number of aliphatic hydroxyl groups is 1. The third-order valence-electron chi connectivity index (χ3n) is 9.47. The molecular formula is C28H37NO2. The van der Waals surface area contributed by atoms with Crippen LogP contribution in [0.5, 0.6) is 0 Å². The van der Waals surface area contributed by atoms with E-state index in [0.717, 1.165) is 56.1 Å². The zero-order chi connectivity index (χ0) is 22.0. The highest BCUT2D eigenvalue weighted by atomic mass is 16.3. The fraction of sp³-hybridized carbons (Fsp3) is 0.607. The van der Waals surface area contributed by atoms with E-state index in [1.165, 1.54) is 11.3 Å². The van der Waals surface area contributed by atoms with Gasteiger partial charge in [-0.1, -0.05) is 37.6 Å². The minimum absolute atomic E-state index is 0.161. The van der Waals surface area contributed by atoms with Crippen molar-refractivity contribution in [1.82, 2.24) is 0 Å². The standard InChI is InChI=1S/C28H37NO2/c1-27-13-11-22(30)17-20(27)7-10-23-24(27)12-14-28(2)25(23)16-19(26(28)31)15-18-5-8-21(9-6-18)29(3)4/h5-9,15,22-25,30H,10-14,16-17H2,1-4H3/b19-15+/t22-,23-,24+,25-,27+,28+/m1/s1. The highest BCUT2D eigenvalue weighted by Crippen LogP contribution is 2.64. The second kappa shape index (κ2) is 7.33. The summed E-state index contributed by atoms with van der Waals surface area (Å²) in [5, 5.41) is 10.2. The van der Waals surface area contributed by atoms with Crippen molar-refractivity contribution >= 4 is 17.5 Å². The van der Waals surface area contributed by atoms with Gasteiger partial charge in [0, 0.05) is 25.2 Å². The van der Waals surface area contributed by atoms with Gasteiger partial charge in [-0.15, -0.1) is 0 Å². The van der Waals surface area contributed by atoms with Gasteiger partial charge in [-0.25, -0.2) is 0 Å². The molecule has 5 rings (SSSR count). The molecule has 1 aromatic rings. The third kappa shape index (κ3) is 3.23. The SMILES string of the molecule is CN(C)c1ccc(/C=C2\C[C@@H]3[C@@H]4CC=C5C[C@H](O)CC[C@]5(C)[C@H]4CC[C@]3(C)C2=O)cc1. The molecule has 1 N–H and O–H groups in total. The fourth-order valence-electron chi connectivity index (χ4n) is 7.51. The van der Waals surface area contributed by atoms with Gasteiger partial charge in [0.1, 0.15) is 0 Å². The first-order chi connectivity index (χ1) is 14.7. The van der Waals surface area contributed by atoms with Crippen LogP contribution in [0.1, 0.15) is 64.4 Å². The largest absolute Gasteiger partial charge is 0.393 e. The number of fused-ring (bicyclic) bond motifs is 5. The van der Waals surface area contributed by atoms with Gasteiger partial charge in [-0.2, -0.15) is 0 Å². The molecule has 0 radical (unpaired) electrons. The van der Waals surface area contributed by atoms with Gasteiger partial charge >= 0.3 is 0 Å². The third-order valence-corrected chi connectivity index (χ3v) is 9.47. The molecule has 0 spiro atoms. The number of hydrogen-bond donors (Lipinski definition) is 1. The summed E-state index contributed by atoms with van der Waals surface area (Å²) in [4.78, 5) is 15.7. The van der Waals surface area contributed by atoms with Crippen LogP contribution in [0.3, 0.4) is 0 Å². The molecule has 0 bridgehead atoms. The first kappa shape index (κ1) is 21.0. The molecule has 31 heavy (non-hydrogen) atoms. The minimum Gasteiger partial charge on any atom is -0.393 e. The lowest BCUT2D eigenvalue weighted by molar-refractivity contribution is -0.130. The Bertz CT molecular complexity index is 942. The number of aliphatic hydroxyl groups excluding tert-OH is 1. The van der Waals surface area contributed by atoms with E-state index in [9.17, 15) is 9.90 Å².